The summed E-state index contributed by atoms with van der Waals surface area (Å²) >= 11 is 3.20. The van der Waals surface area contributed by atoms with Crippen molar-refractivity contribution < 1.29 is 14.3 Å². The highest BCUT2D eigenvalue weighted by molar-refractivity contribution is 9.10. The van der Waals surface area contributed by atoms with Crippen molar-refractivity contribution in [2.75, 3.05) is 13.2 Å². The molecule has 1 aromatic carbocycles. The number of likely N-dealkylation sites (tertiary alicyclic amines) is 1. The molecule has 1 N–H and O–H groups in total. The van der Waals surface area contributed by atoms with Crippen LogP contribution in [-0.4, -0.2) is 35.1 Å². The molecule has 5 heteroatoms. The van der Waals surface area contributed by atoms with Crippen molar-refractivity contribution in [2.24, 2.45) is 5.92 Å². The average Bonchev–Trinajstić information content (AvgIpc) is 2.69. The van der Waals surface area contributed by atoms with Crippen LogP contribution in [0.15, 0.2) is 22.7 Å². The minimum Gasteiger partial charge on any atom is -0.394 e. The van der Waals surface area contributed by atoms with Crippen molar-refractivity contribution in [3.05, 3.63) is 34.1 Å². The molecule has 1 aromatic rings. The summed E-state index contributed by atoms with van der Waals surface area (Å²) in [6.45, 7) is 2.62. The van der Waals surface area contributed by atoms with Crippen LogP contribution in [0.3, 0.4) is 0 Å². The summed E-state index contributed by atoms with van der Waals surface area (Å²) in [5.74, 6) is -0.254. The molecule has 0 bridgehead atoms. The van der Waals surface area contributed by atoms with Crippen molar-refractivity contribution in [2.45, 2.75) is 19.4 Å². The molecule has 1 aliphatic heterocycles. The van der Waals surface area contributed by atoms with Crippen molar-refractivity contribution in [3.63, 3.8) is 0 Å². The van der Waals surface area contributed by atoms with Gasteiger partial charge in [0.15, 0.2) is 0 Å². The van der Waals surface area contributed by atoms with E-state index in [4.69, 9.17) is 0 Å². The second-order valence-electron chi connectivity index (χ2n) is 4.64. The molecule has 0 aliphatic carbocycles. The normalized spacial score (nSPS) is 23.4. The molecule has 1 saturated heterocycles. The van der Waals surface area contributed by atoms with Gasteiger partial charge in [-0.1, -0.05) is 6.92 Å². The minimum atomic E-state index is -0.382. The van der Waals surface area contributed by atoms with Gasteiger partial charge in [0.1, 0.15) is 5.82 Å². The van der Waals surface area contributed by atoms with Crippen molar-refractivity contribution in [3.8, 4) is 0 Å². The molecular weight excluding hydrogens is 301 g/mol. The lowest BCUT2D eigenvalue weighted by Crippen LogP contribution is -2.40. The van der Waals surface area contributed by atoms with Gasteiger partial charge >= 0.3 is 0 Å². The monoisotopic (exact) mass is 315 g/mol. The highest BCUT2D eigenvalue weighted by atomic mass is 79.9. The Kier molecular flexibility index (Phi) is 4.02. The molecule has 18 heavy (non-hydrogen) atoms. The summed E-state index contributed by atoms with van der Waals surface area (Å²) < 4.78 is 13.4. The number of aliphatic hydroxyl groups excluding tert-OH is 1. The van der Waals surface area contributed by atoms with E-state index in [1.54, 1.807) is 4.90 Å². The van der Waals surface area contributed by atoms with Crippen LogP contribution in [0.1, 0.15) is 23.7 Å². The van der Waals surface area contributed by atoms with E-state index < -0.39 is 0 Å². The molecule has 0 aromatic heterocycles. The lowest BCUT2D eigenvalue weighted by Gasteiger charge is -2.25. The van der Waals surface area contributed by atoms with E-state index in [1.165, 1.54) is 18.2 Å². The summed E-state index contributed by atoms with van der Waals surface area (Å²) in [5, 5.41) is 9.35. The predicted molar refractivity (Wildman–Crippen MR) is 69.8 cm³/mol. The van der Waals surface area contributed by atoms with Crippen LogP contribution in [-0.2, 0) is 0 Å². The Morgan fingerprint density at radius 2 is 2.33 bits per heavy atom. The molecule has 0 spiro atoms. The third kappa shape index (κ3) is 2.42. The molecule has 2 atom stereocenters. The zero-order valence-electron chi connectivity index (χ0n) is 10.1. The fourth-order valence-corrected chi connectivity index (χ4v) is 2.88. The van der Waals surface area contributed by atoms with Crippen LogP contribution in [0.5, 0.6) is 0 Å². The number of carbonyl (C=O) groups excluding carboxylic acids is 1. The standard InChI is InChI=1S/C13H15BrFNO2/c1-8-4-5-16(12(8)7-17)13(18)10-3-2-9(15)6-11(10)14/h2-3,6,8,12,17H,4-5,7H2,1H3. The minimum absolute atomic E-state index is 0.0360. The first kappa shape index (κ1) is 13.5. The highest BCUT2D eigenvalue weighted by Crippen LogP contribution is 2.27. The quantitative estimate of drug-likeness (QED) is 0.910. The fraction of sp³-hybridized carbons (Fsp3) is 0.462. The van der Waals surface area contributed by atoms with Crippen molar-refractivity contribution >= 4 is 21.8 Å². The van der Waals surface area contributed by atoms with Gasteiger partial charge in [0.05, 0.1) is 18.2 Å². The summed E-state index contributed by atoms with van der Waals surface area (Å²) in [6, 6.07) is 3.88. The van der Waals surface area contributed by atoms with Crippen LogP contribution in [0.4, 0.5) is 4.39 Å². The molecule has 1 heterocycles. The molecule has 2 unspecified atom stereocenters. The van der Waals surface area contributed by atoms with Gasteiger partial charge in [-0.15, -0.1) is 0 Å². The van der Waals surface area contributed by atoms with Crippen LogP contribution < -0.4 is 0 Å². The Morgan fingerprint density at radius 3 is 2.94 bits per heavy atom. The van der Waals surface area contributed by atoms with Crippen molar-refractivity contribution in [1.29, 1.82) is 0 Å². The van der Waals surface area contributed by atoms with Gasteiger partial charge in [0, 0.05) is 11.0 Å². The van der Waals surface area contributed by atoms with Gasteiger partial charge in [-0.2, -0.15) is 0 Å². The number of aliphatic hydroxyl groups is 1. The van der Waals surface area contributed by atoms with E-state index in [9.17, 15) is 14.3 Å². The average molecular weight is 316 g/mol. The molecule has 98 valence electrons. The predicted octanol–water partition coefficient (Wildman–Crippen LogP) is 2.43. The molecule has 0 saturated carbocycles. The van der Waals surface area contributed by atoms with Crippen LogP contribution in [0.25, 0.3) is 0 Å². The van der Waals surface area contributed by atoms with Gasteiger partial charge in [-0.3, -0.25) is 4.79 Å². The second-order valence-corrected chi connectivity index (χ2v) is 5.49. The van der Waals surface area contributed by atoms with Crippen molar-refractivity contribution in [1.82, 2.24) is 4.90 Å². The molecular formula is C13H15BrFNO2. The lowest BCUT2D eigenvalue weighted by molar-refractivity contribution is 0.0647. The second kappa shape index (κ2) is 5.36. The number of carbonyl (C=O) groups is 1. The van der Waals surface area contributed by atoms with Crippen LogP contribution in [0.2, 0.25) is 0 Å². The third-order valence-electron chi connectivity index (χ3n) is 3.49. The maximum Gasteiger partial charge on any atom is 0.255 e. The van der Waals surface area contributed by atoms with Gasteiger partial charge in [-0.05, 0) is 46.5 Å². The molecule has 0 radical (unpaired) electrons. The fourth-order valence-electron chi connectivity index (χ4n) is 2.36. The zero-order chi connectivity index (χ0) is 13.3. The van der Waals surface area contributed by atoms with Gasteiger partial charge < -0.3 is 10.0 Å². The molecule has 1 fully saturated rings. The number of hydrogen-bond donors (Lipinski definition) is 1. The number of halogens is 2. The summed E-state index contributed by atoms with van der Waals surface area (Å²) in [5.41, 5.74) is 0.434. The first-order chi connectivity index (χ1) is 8.54. The zero-order valence-corrected chi connectivity index (χ0v) is 11.7. The Bertz CT molecular complexity index is 466. The Labute approximate surface area is 114 Å². The first-order valence-electron chi connectivity index (χ1n) is 5.91. The maximum absolute atomic E-state index is 13.0. The van der Waals surface area contributed by atoms with E-state index in [-0.39, 0.29) is 30.3 Å². The smallest absolute Gasteiger partial charge is 0.255 e. The summed E-state index contributed by atoms with van der Waals surface area (Å²) in [6.07, 6.45) is 0.885. The van der Waals surface area contributed by atoms with E-state index in [1.807, 2.05) is 6.92 Å². The van der Waals surface area contributed by atoms with E-state index in [0.29, 0.717) is 16.6 Å². The number of hydrogen-bond acceptors (Lipinski definition) is 2. The highest BCUT2D eigenvalue weighted by Gasteiger charge is 2.34. The SMILES string of the molecule is CC1CCN(C(=O)c2ccc(F)cc2Br)C1CO. The number of benzene rings is 1. The molecule has 1 amide bonds. The van der Waals surface area contributed by atoms with E-state index >= 15 is 0 Å². The van der Waals surface area contributed by atoms with Gasteiger partial charge in [-0.25, -0.2) is 4.39 Å². The van der Waals surface area contributed by atoms with Gasteiger partial charge in [0.25, 0.3) is 5.91 Å². The Hall–Kier alpha value is -0.940. The number of amides is 1. The maximum atomic E-state index is 13.0. The lowest BCUT2D eigenvalue weighted by atomic mass is 10.0. The number of rotatable bonds is 2. The first-order valence-corrected chi connectivity index (χ1v) is 6.70. The number of nitrogens with zero attached hydrogens (tertiary/aromatic N) is 1. The van der Waals surface area contributed by atoms with E-state index in [2.05, 4.69) is 15.9 Å². The largest absolute Gasteiger partial charge is 0.394 e. The van der Waals surface area contributed by atoms with Crippen LogP contribution in [0, 0.1) is 11.7 Å². The molecule has 1 aliphatic rings. The molecule has 2 rings (SSSR count). The van der Waals surface area contributed by atoms with Crippen LogP contribution >= 0.6 is 15.9 Å². The van der Waals surface area contributed by atoms with Gasteiger partial charge in [0.2, 0.25) is 0 Å². The molecule has 3 nitrogen and oxygen atoms in total. The Morgan fingerprint density at radius 1 is 1.61 bits per heavy atom. The van der Waals surface area contributed by atoms with E-state index in [0.717, 1.165) is 6.42 Å². The third-order valence-corrected chi connectivity index (χ3v) is 4.15. The summed E-state index contributed by atoms with van der Waals surface area (Å²) in [7, 11) is 0. The Balaban J connectivity index is 2.26. The topological polar surface area (TPSA) is 40.5 Å². The summed E-state index contributed by atoms with van der Waals surface area (Å²) in [4.78, 5) is 14.0.